The van der Waals surface area contributed by atoms with E-state index in [1.54, 1.807) is 11.3 Å². The molecule has 0 amide bonds. The number of aryl methyl sites for hydroxylation is 1. The number of thiophene rings is 1. The summed E-state index contributed by atoms with van der Waals surface area (Å²) in [5.41, 5.74) is 0. The van der Waals surface area contributed by atoms with Gasteiger partial charge in [-0.2, -0.15) is 0 Å². The fraction of sp³-hybridized carbons (Fsp3) is 0.667. The molecule has 102 valence electrons. The second kappa shape index (κ2) is 9.74. The van der Waals surface area contributed by atoms with Crippen LogP contribution in [0.5, 0.6) is 0 Å². The molecule has 1 rings (SSSR count). The Morgan fingerprint density at radius 1 is 1.11 bits per heavy atom. The Labute approximate surface area is 123 Å². The van der Waals surface area contributed by atoms with Gasteiger partial charge in [-0.05, 0) is 34.8 Å². The highest BCUT2D eigenvalue weighted by Gasteiger charge is 2.05. The predicted molar refractivity (Wildman–Crippen MR) is 83.7 cm³/mol. The van der Waals surface area contributed by atoms with Crippen LogP contribution < -0.4 is 0 Å². The highest BCUT2D eigenvalue weighted by atomic mass is 79.9. The predicted octanol–water partition coefficient (Wildman–Crippen LogP) is 6.01. The molecule has 0 N–H and O–H groups in total. The van der Waals surface area contributed by atoms with E-state index in [2.05, 4.69) is 28.9 Å². The molecule has 0 aromatic carbocycles. The van der Waals surface area contributed by atoms with Crippen LogP contribution in [0.25, 0.3) is 0 Å². The fourth-order valence-corrected chi connectivity index (χ4v) is 3.74. The van der Waals surface area contributed by atoms with Crippen LogP contribution in [-0.2, 0) is 6.42 Å². The van der Waals surface area contributed by atoms with Gasteiger partial charge in [0.2, 0.25) is 0 Å². The van der Waals surface area contributed by atoms with Crippen molar-refractivity contribution in [3.05, 3.63) is 20.3 Å². The first-order valence-corrected chi connectivity index (χ1v) is 8.62. The molecule has 0 spiro atoms. The molecule has 3 heteroatoms. The number of rotatable bonds is 10. The topological polar surface area (TPSA) is 17.1 Å². The van der Waals surface area contributed by atoms with Gasteiger partial charge in [-0.25, -0.2) is 0 Å². The average Bonchev–Trinajstić information content (AvgIpc) is 2.73. The van der Waals surface area contributed by atoms with Gasteiger partial charge in [-0.3, -0.25) is 4.79 Å². The SMILES string of the molecule is CCCCCCCCCCc1cc(Br)c(C=O)s1. The summed E-state index contributed by atoms with van der Waals surface area (Å²) >= 11 is 5.03. The Kier molecular flexibility index (Phi) is 8.60. The van der Waals surface area contributed by atoms with Gasteiger partial charge >= 0.3 is 0 Å². The van der Waals surface area contributed by atoms with Crippen molar-refractivity contribution >= 4 is 33.6 Å². The van der Waals surface area contributed by atoms with Crippen LogP contribution in [0.1, 0.15) is 72.8 Å². The van der Waals surface area contributed by atoms with Gasteiger partial charge in [-0.15, -0.1) is 11.3 Å². The maximum atomic E-state index is 10.7. The lowest BCUT2D eigenvalue weighted by Crippen LogP contribution is -1.83. The number of halogens is 1. The van der Waals surface area contributed by atoms with Crippen LogP contribution in [-0.4, -0.2) is 6.29 Å². The summed E-state index contributed by atoms with van der Waals surface area (Å²) in [6.07, 6.45) is 12.9. The molecule has 0 saturated carbocycles. The molecule has 1 aromatic heterocycles. The van der Waals surface area contributed by atoms with E-state index in [-0.39, 0.29) is 0 Å². The van der Waals surface area contributed by atoms with Crippen molar-refractivity contribution in [2.75, 3.05) is 0 Å². The Bertz CT molecular complexity index is 346. The van der Waals surface area contributed by atoms with Gasteiger partial charge in [0.05, 0.1) is 4.88 Å². The number of hydrogen-bond donors (Lipinski definition) is 0. The molecule has 0 aliphatic carbocycles. The van der Waals surface area contributed by atoms with Crippen LogP contribution in [0.4, 0.5) is 0 Å². The normalized spacial score (nSPS) is 10.8. The minimum atomic E-state index is 0.824. The molecule has 0 aliphatic rings. The van der Waals surface area contributed by atoms with Gasteiger partial charge in [0.25, 0.3) is 0 Å². The van der Waals surface area contributed by atoms with E-state index in [0.717, 1.165) is 22.1 Å². The fourth-order valence-electron chi connectivity index (χ4n) is 2.07. The zero-order valence-electron chi connectivity index (χ0n) is 11.2. The lowest BCUT2D eigenvalue weighted by atomic mass is 10.1. The largest absolute Gasteiger partial charge is 0.297 e. The van der Waals surface area contributed by atoms with E-state index in [4.69, 9.17) is 0 Å². The van der Waals surface area contributed by atoms with Gasteiger partial charge in [0.15, 0.2) is 6.29 Å². The summed E-state index contributed by atoms with van der Waals surface area (Å²) in [7, 11) is 0. The molecule has 0 radical (unpaired) electrons. The Balaban J connectivity index is 2.05. The molecule has 0 atom stereocenters. The molecule has 1 heterocycles. The highest BCUT2D eigenvalue weighted by molar-refractivity contribution is 9.10. The summed E-state index contributed by atoms with van der Waals surface area (Å²) in [5, 5.41) is 0. The van der Waals surface area contributed by atoms with Crippen molar-refractivity contribution < 1.29 is 4.79 Å². The molecule has 18 heavy (non-hydrogen) atoms. The second-order valence-corrected chi connectivity index (χ2v) is 6.79. The van der Waals surface area contributed by atoms with E-state index in [0.29, 0.717) is 0 Å². The number of hydrogen-bond acceptors (Lipinski definition) is 2. The number of carbonyl (C=O) groups is 1. The third-order valence-electron chi connectivity index (χ3n) is 3.15. The molecule has 1 aromatic rings. The lowest BCUT2D eigenvalue weighted by Gasteiger charge is -2.00. The van der Waals surface area contributed by atoms with Crippen molar-refractivity contribution in [2.24, 2.45) is 0 Å². The molecule has 0 fully saturated rings. The van der Waals surface area contributed by atoms with Crippen LogP contribution in [0, 0.1) is 0 Å². The quantitative estimate of drug-likeness (QED) is 0.379. The van der Waals surface area contributed by atoms with Crippen LogP contribution >= 0.6 is 27.3 Å². The van der Waals surface area contributed by atoms with E-state index < -0.39 is 0 Å². The smallest absolute Gasteiger partial charge is 0.161 e. The van der Waals surface area contributed by atoms with Gasteiger partial charge in [-0.1, -0.05) is 51.9 Å². The molecular weight excluding hydrogens is 308 g/mol. The summed E-state index contributed by atoms with van der Waals surface area (Å²) in [6, 6.07) is 2.09. The minimum Gasteiger partial charge on any atom is -0.297 e. The molecule has 0 bridgehead atoms. The number of carbonyl (C=O) groups excluding carboxylic acids is 1. The monoisotopic (exact) mass is 330 g/mol. The third kappa shape index (κ3) is 6.14. The molecule has 0 unspecified atom stereocenters. The van der Waals surface area contributed by atoms with Crippen molar-refractivity contribution in [1.82, 2.24) is 0 Å². The van der Waals surface area contributed by atoms with E-state index in [9.17, 15) is 4.79 Å². The number of aldehydes is 1. The first-order chi connectivity index (χ1) is 8.77. The van der Waals surface area contributed by atoms with Gasteiger partial charge < -0.3 is 0 Å². The van der Waals surface area contributed by atoms with Crippen LogP contribution in [0.15, 0.2) is 10.5 Å². The molecule has 0 aliphatic heterocycles. The van der Waals surface area contributed by atoms with Crippen molar-refractivity contribution in [3.8, 4) is 0 Å². The first-order valence-electron chi connectivity index (χ1n) is 7.01. The van der Waals surface area contributed by atoms with Crippen molar-refractivity contribution in [1.29, 1.82) is 0 Å². The highest BCUT2D eigenvalue weighted by Crippen LogP contribution is 2.27. The minimum absolute atomic E-state index is 0.824. The van der Waals surface area contributed by atoms with E-state index in [1.165, 1.54) is 56.2 Å². The Hall–Kier alpha value is -0.150. The van der Waals surface area contributed by atoms with E-state index in [1.807, 2.05) is 0 Å². The Morgan fingerprint density at radius 2 is 1.72 bits per heavy atom. The third-order valence-corrected chi connectivity index (χ3v) is 5.19. The summed E-state index contributed by atoms with van der Waals surface area (Å²) in [5.74, 6) is 0. The van der Waals surface area contributed by atoms with Gasteiger partial charge in [0, 0.05) is 9.35 Å². The van der Waals surface area contributed by atoms with Gasteiger partial charge in [0.1, 0.15) is 0 Å². The molecule has 1 nitrogen and oxygen atoms in total. The zero-order chi connectivity index (χ0) is 13.2. The standard InChI is InChI=1S/C15H23BrOS/c1-2-3-4-5-6-7-8-9-10-13-11-14(16)15(12-17)18-13/h11-12H,2-10H2,1H3. The first kappa shape index (κ1) is 15.9. The summed E-state index contributed by atoms with van der Waals surface area (Å²) in [4.78, 5) is 12.9. The maximum Gasteiger partial charge on any atom is 0.161 e. The second-order valence-electron chi connectivity index (χ2n) is 4.77. The average molecular weight is 331 g/mol. The van der Waals surface area contributed by atoms with Crippen LogP contribution in [0.2, 0.25) is 0 Å². The summed E-state index contributed by atoms with van der Waals surface area (Å²) in [6.45, 7) is 2.26. The number of unbranched alkanes of at least 4 members (excludes halogenated alkanes) is 7. The zero-order valence-corrected chi connectivity index (χ0v) is 13.6. The molecule has 0 saturated heterocycles. The van der Waals surface area contributed by atoms with Crippen molar-refractivity contribution in [2.45, 2.75) is 64.7 Å². The molecular formula is C15H23BrOS. The maximum absolute atomic E-state index is 10.7. The summed E-state index contributed by atoms with van der Waals surface area (Å²) < 4.78 is 0.956. The lowest BCUT2D eigenvalue weighted by molar-refractivity contribution is 0.112. The Morgan fingerprint density at radius 3 is 2.28 bits per heavy atom. The van der Waals surface area contributed by atoms with Crippen LogP contribution in [0.3, 0.4) is 0 Å². The van der Waals surface area contributed by atoms with Crippen molar-refractivity contribution in [3.63, 3.8) is 0 Å². The van der Waals surface area contributed by atoms with E-state index >= 15 is 0 Å².